The van der Waals surface area contributed by atoms with E-state index in [2.05, 4.69) is 5.32 Å². The predicted molar refractivity (Wildman–Crippen MR) is 112 cm³/mol. The van der Waals surface area contributed by atoms with Gasteiger partial charge in [0.05, 0.1) is 4.90 Å². The fourth-order valence-electron chi connectivity index (χ4n) is 3.41. The number of hydrogen-bond donors (Lipinski definition) is 2. The smallest absolute Gasteiger partial charge is 0.239 e. The summed E-state index contributed by atoms with van der Waals surface area (Å²) in [5.74, 6) is -1.53. The Bertz CT molecular complexity index is 1110. The van der Waals surface area contributed by atoms with Crippen molar-refractivity contribution in [3.8, 4) is 0 Å². The number of hydrogen-bond acceptors (Lipinski definition) is 4. The molecule has 1 aliphatic heterocycles. The number of benzene rings is 2. The molecule has 0 saturated carbocycles. The zero-order valence-corrected chi connectivity index (χ0v) is 17.8. The summed E-state index contributed by atoms with van der Waals surface area (Å²) in [6.45, 7) is 7.94. The number of nitrogens with two attached hydrogens (primary N) is 1. The van der Waals surface area contributed by atoms with Crippen molar-refractivity contribution in [3.63, 3.8) is 0 Å². The third kappa shape index (κ3) is 4.18. The molecule has 1 fully saturated rings. The fourth-order valence-corrected chi connectivity index (χ4v) is 4.04. The zero-order chi connectivity index (χ0) is 21.5. The van der Waals surface area contributed by atoms with Crippen LogP contribution in [0.5, 0.6) is 0 Å². The first kappa shape index (κ1) is 21.0. The number of carbonyl (C=O) groups excluding carboxylic acids is 2. The Morgan fingerprint density at radius 3 is 2.38 bits per heavy atom. The van der Waals surface area contributed by atoms with Crippen LogP contribution in [0, 0.1) is 33.6 Å². The Kier molecular flexibility index (Phi) is 5.51. The first-order valence-corrected chi connectivity index (χ1v) is 10.9. The number of primary sulfonamides is 1. The van der Waals surface area contributed by atoms with Crippen LogP contribution >= 0.6 is 0 Å². The first-order valence-electron chi connectivity index (χ1n) is 9.32. The van der Waals surface area contributed by atoms with Crippen molar-refractivity contribution < 1.29 is 18.0 Å². The number of rotatable bonds is 4. The molecule has 0 aromatic heterocycles. The van der Waals surface area contributed by atoms with Gasteiger partial charge < -0.3 is 10.2 Å². The Balaban J connectivity index is 1.83. The van der Waals surface area contributed by atoms with Gasteiger partial charge >= 0.3 is 0 Å². The maximum atomic E-state index is 12.9. The summed E-state index contributed by atoms with van der Waals surface area (Å²) in [5, 5.41) is 7.95. The predicted octanol–water partition coefficient (Wildman–Crippen LogP) is 2.56. The Hall–Kier alpha value is -2.71. The van der Waals surface area contributed by atoms with Gasteiger partial charge in [-0.3, -0.25) is 9.59 Å². The zero-order valence-electron chi connectivity index (χ0n) is 16.9. The van der Waals surface area contributed by atoms with Crippen LogP contribution in [0.15, 0.2) is 35.2 Å². The summed E-state index contributed by atoms with van der Waals surface area (Å²) in [5.41, 5.74) is 4.74. The molecule has 1 atom stereocenters. The van der Waals surface area contributed by atoms with Gasteiger partial charge in [0.2, 0.25) is 21.8 Å². The molecular formula is C21H25N3O4S. The van der Waals surface area contributed by atoms with E-state index in [9.17, 15) is 18.0 Å². The standard InChI is InChI=1S/C21H25N3O4S/c1-12-5-6-16(9-13(12)2)24-8-7-18(21(24)26)20(25)23-19-11-17(29(22,27)28)10-14(3)15(19)4/h5-6,9-11,18H,7-8H2,1-4H3,(H,23,25)(H2,22,27,28). The minimum absolute atomic E-state index is 0.0783. The number of nitrogens with zero attached hydrogens (tertiary/aromatic N) is 1. The molecule has 1 aliphatic rings. The summed E-state index contributed by atoms with van der Waals surface area (Å²) < 4.78 is 23.4. The molecule has 3 N–H and O–H groups in total. The van der Waals surface area contributed by atoms with E-state index in [1.54, 1.807) is 18.7 Å². The highest BCUT2D eigenvalue weighted by Gasteiger charge is 2.38. The molecule has 29 heavy (non-hydrogen) atoms. The summed E-state index contributed by atoms with van der Waals surface area (Å²) in [7, 11) is -3.91. The van der Waals surface area contributed by atoms with Crippen LogP contribution < -0.4 is 15.4 Å². The van der Waals surface area contributed by atoms with Gasteiger partial charge in [0.1, 0.15) is 5.92 Å². The van der Waals surface area contributed by atoms with E-state index >= 15 is 0 Å². The minimum atomic E-state index is -3.91. The van der Waals surface area contributed by atoms with E-state index in [0.717, 1.165) is 22.4 Å². The molecule has 1 heterocycles. The first-order chi connectivity index (χ1) is 13.5. The monoisotopic (exact) mass is 415 g/mol. The van der Waals surface area contributed by atoms with Gasteiger partial charge in [-0.05, 0) is 80.6 Å². The van der Waals surface area contributed by atoms with Crippen LogP contribution in [-0.2, 0) is 19.6 Å². The molecule has 3 rings (SSSR count). The second-order valence-electron chi connectivity index (χ2n) is 7.55. The summed E-state index contributed by atoms with van der Waals surface area (Å²) in [4.78, 5) is 27.2. The van der Waals surface area contributed by atoms with E-state index in [0.29, 0.717) is 24.2 Å². The van der Waals surface area contributed by atoms with Gasteiger partial charge in [0, 0.05) is 17.9 Å². The van der Waals surface area contributed by atoms with Crippen LogP contribution in [0.1, 0.15) is 28.7 Å². The molecule has 8 heteroatoms. The van der Waals surface area contributed by atoms with Gasteiger partial charge in [-0.15, -0.1) is 0 Å². The molecule has 7 nitrogen and oxygen atoms in total. The van der Waals surface area contributed by atoms with E-state index in [1.807, 2.05) is 32.0 Å². The molecule has 0 radical (unpaired) electrons. The average Bonchev–Trinajstić information content (AvgIpc) is 3.01. The van der Waals surface area contributed by atoms with E-state index in [4.69, 9.17) is 5.14 Å². The summed E-state index contributed by atoms with van der Waals surface area (Å²) >= 11 is 0. The number of carbonyl (C=O) groups is 2. The summed E-state index contributed by atoms with van der Waals surface area (Å²) in [6.07, 6.45) is 0.393. The van der Waals surface area contributed by atoms with Crippen molar-refractivity contribution in [1.82, 2.24) is 0 Å². The van der Waals surface area contributed by atoms with Crippen molar-refractivity contribution in [2.75, 3.05) is 16.8 Å². The molecule has 2 aromatic rings. The van der Waals surface area contributed by atoms with Crippen molar-refractivity contribution in [1.29, 1.82) is 0 Å². The molecule has 0 spiro atoms. The highest BCUT2D eigenvalue weighted by Crippen LogP contribution is 2.29. The Morgan fingerprint density at radius 1 is 1.07 bits per heavy atom. The second kappa shape index (κ2) is 7.61. The molecule has 154 valence electrons. The highest BCUT2D eigenvalue weighted by molar-refractivity contribution is 7.89. The van der Waals surface area contributed by atoms with Crippen molar-refractivity contribution in [3.05, 3.63) is 52.6 Å². The molecular weight excluding hydrogens is 390 g/mol. The number of nitrogens with one attached hydrogen (secondary N) is 1. The molecule has 0 bridgehead atoms. The topological polar surface area (TPSA) is 110 Å². The Morgan fingerprint density at radius 2 is 1.76 bits per heavy atom. The van der Waals surface area contributed by atoms with Gasteiger partial charge in [0.15, 0.2) is 0 Å². The maximum Gasteiger partial charge on any atom is 0.239 e. The van der Waals surface area contributed by atoms with Gasteiger partial charge in [-0.2, -0.15) is 0 Å². The maximum absolute atomic E-state index is 12.9. The van der Waals surface area contributed by atoms with Gasteiger partial charge in [-0.25, -0.2) is 13.6 Å². The van der Waals surface area contributed by atoms with Gasteiger partial charge in [0.25, 0.3) is 0 Å². The molecule has 1 saturated heterocycles. The lowest BCUT2D eigenvalue weighted by Gasteiger charge is -2.18. The molecule has 1 unspecified atom stereocenters. The molecule has 2 aromatic carbocycles. The number of sulfonamides is 1. The lowest BCUT2D eigenvalue weighted by atomic mass is 10.0. The lowest BCUT2D eigenvalue weighted by molar-refractivity contribution is -0.129. The normalized spacial score (nSPS) is 16.9. The van der Waals surface area contributed by atoms with E-state index in [-0.39, 0.29) is 10.8 Å². The number of anilines is 2. The number of amides is 2. The number of aryl methyl sites for hydroxylation is 3. The van der Waals surface area contributed by atoms with Crippen LogP contribution in [0.25, 0.3) is 0 Å². The average molecular weight is 416 g/mol. The second-order valence-corrected chi connectivity index (χ2v) is 9.11. The Labute approximate surface area is 171 Å². The van der Waals surface area contributed by atoms with E-state index in [1.165, 1.54) is 12.1 Å². The lowest BCUT2D eigenvalue weighted by Crippen LogP contribution is -2.33. The van der Waals surface area contributed by atoms with Crippen LogP contribution in [0.2, 0.25) is 0 Å². The largest absolute Gasteiger partial charge is 0.325 e. The highest BCUT2D eigenvalue weighted by atomic mass is 32.2. The summed E-state index contributed by atoms with van der Waals surface area (Å²) in [6, 6.07) is 8.56. The van der Waals surface area contributed by atoms with Crippen molar-refractivity contribution in [2.24, 2.45) is 11.1 Å². The minimum Gasteiger partial charge on any atom is -0.325 e. The SMILES string of the molecule is Cc1ccc(N2CCC(C(=O)Nc3cc(S(N)(=O)=O)cc(C)c3C)C2=O)cc1C. The van der Waals surface area contributed by atoms with E-state index < -0.39 is 21.8 Å². The van der Waals surface area contributed by atoms with Gasteiger partial charge in [-0.1, -0.05) is 6.07 Å². The fraction of sp³-hybridized carbons (Fsp3) is 0.333. The molecule has 0 aliphatic carbocycles. The van der Waals surface area contributed by atoms with Crippen LogP contribution in [0.4, 0.5) is 11.4 Å². The van der Waals surface area contributed by atoms with Crippen LogP contribution in [0.3, 0.4) is 0 Å². The third-order valence-electron chi connectivity index (χ3n) is 5.55. The van der Waals surface area contributed by atoms with Crippen molar-refractivity contribution in [2.45, 2.75) is 39.0 Å². The van der Waals surface area contributed by atoms with Crippen LogP contribution in [-0.4, -0.2) is 26.8 Å². The third-order valence-corrected chi connectivity index (χ3v) is 6.44. The van der Waals surface area contributed by atoms with Crippen molar-refractivity contribution >= 4 is 33.2 Å². The molecule has 2 amide bonds. The quantitative estimate of drug-likeness (QED) is 0.748.